The maximum atomic E-state index is 5.79. The van der Waals surface area contributed by atoms with Gasteiger partial charge in [-0.05, 0) is 0 Å². The van der Waals surface area contributed by atoms with Crippen molar-refractivity contribution in [3.05, 3.63) is 30.3 Å². The number of rotatable bonds is 1. The zero-order valence-electron chi connectivity index (χ0n) is 5.14. The van der Waals surface area contributed by atoms with Crippen LogP contribution in [0.3, 0.4) is 0 Å². The molecule has 0 fully saturated rings. The fourth-order valence-corrected chi connectivity index (χ4v) is 7.92. The summed E-state index contributed by atoms with van der Waals surface area (Å²) in [6.07, 6.45) is 0.688. The molecule has 0 saturated heterocycles. The SMILES string of the molecule is [Cl][Zr]([Cl])=[Si]c1ccccc1. The van der Waals surface area contributed by atoms with E-state index >= 15 is 0 Å². The molecule has 51 valence electrons. The molecular formula is C6H5Cl2SiZr. The first-order valence-corrected chi connectivity index (χ1v) is 13.8. The van der Waals surface area contributed by atoms with Crippen molar-refractivity contribution in [2.24, 2.45) is 0 Å². The summed E-state index contributed by atoms with van der Waals surface area (Å²) in [6.45, 7) is 0. The minimum atomic E-state index is -1.91. The Morgan fingerprint density at radius 2 is 1.70 bits per heavy atom. The van der Waals surface area contributed by atoms with Crippen LogP contribution in [0, 0.1) is 0 Å². The molecule has 0 atom stereocenters. The van der Waals surface area contributed by atoms with Gasteiger partial charge in [-0.1, -0.05) is 0 Å². The summed E-state index contributed by atoms with van der Waals surface area (Å²) in [5.41, 5.74) is 0. The Hall–Kier alpha value is 0.900. The molecule has 1 rings (SSSR count). The molecule has 1 aromatic carbocycles. The van der Waals surface area contributed by atoms with Crippen LogP contribution in [0.25, 0.3) is 0 Å². The van der Waals surface area contributed by atoms with Crippen molar-refractivity contribution >= 4 is 28.4 Å². The molecule has 0 N–H and O–H groups in total. The standard InChI is InChI=1S/C6H5Si.2ClH.Zr/c7-6-4-2-1-3-5-6;;;/h1-5H;2*1H;/q;;;+2/p-2. The Bertz CT molecular complexity index is 231. The van der Waals surface area contributed by atoms with Gasteiger partial charge in [0.05, 0.1) is 0 Å². The Labute approximate surface area is 76.1 Å². The van der Waals surface area contributed by atoms with Crippen LogP contribution in [-0.4, -0.2) is 6.16 Å². The molecule has 10 heavy (non-hydrogen) atoms. The van der Waals surface area contributed by atoms with Gasteiger partial charge in [0, 0.05) is 0 Å². The van der Waals surface area contributed by atoms with Crippen molar-refractivity contribution in [2.45, 2.75) is 0 Å². The molecule has 0 unspecified atom stereocenters. The molecule has 1 aromatic rings. The molecule has 0 spiro atoms. The molecule has 0 bridgehead atoms. The Morgan fingerprint density at radius 3 is 2.20 bits per heavy atom. The Morgan fingerprint density at radius 1 is 1.10 bits per heavy atom. The van der Waals surface area contributed by atoms with Crippen molar-refractivity contribution in [3.63, 3.8) is 0 Å². The second kappa shape index (κ2) is 4.71. The second-order valence-corrected chi connectivity index (χ2v) is 18.0. The monoisotopic (exact) mass is 265 g/mol. The summed E-state index contributed by atoms with van der Waals surface area (Å²) in [4.78, 5) is 0. The van der Waals surface area contributed by atoms with Crippen LogP contribution in [0.1, 0.15) is 0 Å². The summed E-state index contributed by atoms with van der Waals surface area (Å²) < 4.78 is 0. The van der Waals surface area contributed by atoms with E-state index in [-0.39, 0.29) is 0 Å². The predicted octanol–water partition coefficient (Wildman–Crippen LogP) is 1.86. The van der Waals surface area contributed by atoms with E-state index in [1.807, 2.05) is 18.2 Å². The first-order chi connectivity index (χ1) is 4.79. The van der Waals surface area contributed by atoms with Crippen molar-refractivity contribution in [1.29, 1.82) is 0 Å². The van der Waals surface area contributed by atoms with Gasteiger partial charge in [-0.15, -0.1) is 0 Å². The molecular weight excluding hydrogens is 262 g/mol. The summed E-state index contributed by atoms with van der Waals surface area (Å²) in [7, 11) is 11.6. The third kappa shape index (κ3) is 3.34. The van der Waals surface area contributed by atoms with Crippen LogP contribution in [0.15, 0.2) is 30.3 Å². The molecule has 1 radical (unpaired) electrons. The van der Waals surface area contributed by atoms with Gasteiger partial charge in [0.2, 0.25) is 0 Å². The number of halogens is 2. The van der Waals surface area contributed by atoms with Gasteiger partial charge in [0.15, 0.2) is 0 Å². The van der Waals surface area contributed by atoms with Crippen LogP contribution in [0.5, 0.6) is 0 Å². The molecule has 0 amide bonds. The van der Waals surface area contributed by atoms with Crippen molar-refractivity contribution in [1.82, 2.24) is 0 Å². The van der Waals surface area contributed by atoms with E-state index in [4.69, 9.17) is 17.0 Å². The van der Waals surface area contributed by atoms with E-state index in [1.54, 1.807) is 0 Å². The van der Waals surface area contributed by atoms with Gasteiger partial charge in [0.25, 0.3) is 0 Å². The molecule has 0 aromatic heterocycles. The van der Waals surface area contributed by atoms with Crippen LogP contribution < -0.4 is 5.19 Å². The van der Waals surface area contributed by atoms with E-state index in [0.29, 0.717) is 6.16 Å². The molecule has 0 saturated carbocycles. The summed E-state index contributed by atoms with van der Waals surface area (Å²) in [5, 5.41) is 1.29. The van der Waals surface area contributed by atoms with E-state index in [2.05, 4.69) is 12.1 Å². The summed E-state index contributed by atoms with van der Waals surface area (Å²) >= 11 is -1.91. The fourth-order valence-electron chi connectivity index (χ4n) is 0.631. The van der Waals surface area contributed by atoms with Crippen molar-refractivity contribution in [3.8, 4) is 0 Å². The minimum absolute atomic E-state index is 0.688. The molecule has 0 nitrogen and oxygen atoms in total. The second-order valence-electron chi connectivity index (χ2n) is 1.75. The maximum absolute atomic E-state index is 5.79. The zero-order valence-corrected chi connectivity index (χ0v) is 10.1. The topological polar surface area (TPSA) is 0 Å². The summed E-state index contributed by atoms with van der Waals surface area (Å²) in [5.74, 6) is 0. The first kappa shape index (κ1) is 8.99. The fraction of sp³-hybridized carbons (Fsp3) is 0. The molecule has 4 heteroatoms. The zero-order chi connectivity index (χ0) is 7.40. The molecule has 0 heterocycles. The van der Waals surface area contributed by atoms with E-state index < -0.39 is 18.0 Å². The van der Waals surface area contributed by atoms with Crippen LogP contribution >= 0.6 is 17.0 Å². The van der Waals surface area contributed by atoms with E-state index in [0.717, 1.165) is 0 Å². The van der Waals surface area contributed by atoms with Gasteiger partial charge in [-0.2, -0.15) is 0 Å². The van der Waals surface area contributed by atoms with E-state index in [1.165, 1.54) is 5.19 Å². The van der Waals surface area contributed by atoms with Crippen LogP contribution in [0.2, 0.25) is 0 Å². The average Bonchev–Trinajstić information content (AvgIpc) is 1.88. The van der Waals surface area contributed by atoms with Crippen molar-refractivity contribution in [2.75, 3.05) is 0 Å². The van der Waals surface area contributed by atoms with Crippen LogP contribution in [0.4, 0.5) is 0 Å². The van der Waals surface area contributed by atoms with Crippen molar-refractivity contribution < 1.29 is 18.0 Å². The average molecular weight is 267 g/mol. The van der Waals surface area contributed by atoms with Gasteiger partial charge in [-0.25, -0.2) is 0 Å². The third-order valence-corrected chi connectivity index (χ3v) is 8.70. The number of hydrogen-bond donors (Lipinski definition) is 0. The quantitative estimate of drug-likeness (QED) is 0.681. The third-order valence-electron chi connectivity index (χ3n) is 1.01. The predicted molar refractivity (Wildman–Crippen MR) is 43.5 cm³/mol. The molecule has 0 aliphatic heterocycles. The number of hydrogen-bond acceptors (Lipinski definition) is 0. The normalized spacial score (nSPS) is 9.00. The van der Waals surface area contributed by atoms with Gasteiger partial charge in [0.1, 0.15) is 0 Å². The first-order valence-electron chi connectivity index (χ1n) is 2.79. The Kier molecular flexibility index (Phi) is 4.24. The Balaban J connectivity index is 2.87. The van der Waals surface area contributed by atoms with Gasteiger partial charge < -0.3 is 0 Å². The van der Waals surface area contributed by atoms with Crippen LogP contribution in [-0.2, 0) is 18.0 Å². The van der Waals surface area contributed by atoms with E-state index in [9.17, 15) is 0 Å². The number of benzene rings is 1. The molecule has 0 aliphatic rings. The summed E-state index contributed by atoms with van der Waals surface area (Å²) in [6, 6.07) is 10.2. The van der Waals surface area contributed by atoms with Gasteiger partial charge in [-0.3, -0.25) is 0 Å². The van der Waals surface area contributed by atoms with Gasteiger partial charge >= 0.3 is 76.7 Å². The molecule has 0 aliphatic carbocycles.